The van der Waals surface area contributed by atoms with Crippen LogP contribution in [-0.2, 0) is 11.8 Å². The average Bonchev–Trinajstić information content (AvgIpc) is 3.37. The molecule has 0 saturated carbocycles. The molecule has 1 atom stereocenters. The number of carbonyl (C=O) groups is 2. The van der Waals surface area contributed by atoms with Gasteiger partial charge in [-0.05, 0) is 44.5 Å². The number of fused-ring (bicyclic) bond motifs is 2. The van der Waals surface area contributed by atoms with Gasteiger partial charge in [-0.3, -0.25) is 14.5 Å². The molecule has 1 aliphatic rings. The van der Waals surface area contributed by atoms with Crippen LogP contribution < -0.4 is 15.4 Å². The Kier molecular flexibility index (Phi) is 9.71. The molecule has 0 fully saturated rings. The Morgan fingerprint density at radius 2 is 1.81 bits per heavy atom. The van der Waals surface area contributed by atoms with E-state index in [1.54, 1.807) is 6.07 Å². The van der Waals surface area contributed by atoms with Crippen molar-refractivity contribution >= 4 is 29.1 Å². The minimum atomic E-state index is -0.573. The third kappa shape index (κ3) is 8.56. The maximum absolute atomic E-state index is 13.3. The molecule has 3 heterocycles. The number of likely N-dealkylation sites (N-methyl/N-ethyl adjacent to an activating group) is 1. The summed E-state index contributed by atoms with van der Waals surface area (Å²) in [6.07, 6.45) is 3.68. The molecule has 3 amide bonds. The van der Waals surface area contributed by atoms with E-state index < -0.39 is 11.9 Å². The average molecular weight is 640 g/mol. The van der Waals surface area contributed by atoms with E-state index in [9.17, 15) is 9.59 Å². The number of benzene rings is 1. The normalized spacial score (nSPS) is 15.9. The SMILES string of the molecule is CN(C)CCNC(=O)c1nc(NC(=O)/N=C2\CC[C@@H](Oc3ccc4nnc(CC(C)(C)C)n4c3)c3ccccc32)cc(C(C)(C)C)n1. The van der Waals surface area contributed by atoms with Crippen LogP contribution in [0.3, 0.4) is 0 Å². The van der Waals surface area contributed by atoms with Crippen molar-refractivity contribution < 1.29 is 14.3 Å². The summed E-state index contributed by atoms with van der Waals surface area (Å²) in [5, 5.41) is 14.3. The third-order valence-electron chi connectivity index (χ3n) is 7.69. The largest absolute Gasteiger partial charge is 0.484 e. The summed E-state index contributed by atoms with van der Waals surface area (Å²) in [6, 6.07) is 12.8. The van der Waals surface area contributed by atoms with E-state index in [1.165, 1.54) is 0 Å². The molecule has 2 N–H and O–H groups in total. The van der Waals surface area contributed by atoms with Gasteiger partial charge in [-0.15, -0.1) is 10.2 Å². The molecule has 3 aromatic heterocycles. The van der Waals surface area contributed by atoms with Gasteiger partial charge in [0.15, 0.2) is 5.65 Å². The van der Waals surface area contributed by atoms with Crippen LogP contribution in [0.4, 0.5) is 10.6 Å². The molecular weight excluding hydrogens is 594 g/mol. The van der Waals surface area contributed by atoms with E-state index in [0.717, 1.165) is 29.0 Å². The summed E-state index contributed by atoms with van der Waals surface area (Å²) >= 11 is 0. The fraction of sp³-hybridized carbons (Fsp3) is 0.457. The number of rotatable bonds is 8. The maximum Gasteiger partial charge on any atom is 0.346 e. The number of hydrogen-bond acceptors (Lipinski definition) is 8. The Hall–Kier alpha value is -4.71. The van der Waals surface area contributed by atoms with Gasteiger partial charge in [0, 0.05) is 42.1 Å². The summed E-state index contributed by atoms with van der Waals surface area (Å²) in [6.45, 7) is 13.6. The number of pyridine rings is 1. The van der Waals surface area contributed by atoms with Crippen LogP contribution in [0.5, 0.6) is 5.75 Å². The van der Waals surface area contributed by atoms with Crippen molar-refractivity contribution in [3.05, 3.63) is 77.1 Å². The number of nitrogens with zero attached hydrogens (tertiary/aromatic N) is 7. The molecule has 0 radical (unpaired) electrons. The van der Waals surface area contributed by atoms with Gasteiger partial charge in [0.1, 0.15) is 23.5 Å². The van der Waals surface area contributed by atoms with Crippen LogP contribution in [-0.4, -0.2) is 74.3 Å². The molecule has 5 rings (SSSR count). The molecule has 1 aliphatic carbocycles. The molecule has 47 heavy (non-hydrogen) atoms. The first kappa shape index (κ1) is 33.6. The van der Waals surface area contributed by atoms with Crippen molar-refractivity contribution in [2.45, 2.75) is 72.3 Å². The molecule has 12 heteroatoms. The maximum atomic E-state index is 13.3. The van der Waals surface area contributed by atoms with Crippen LogP contribution in [0.15, 0.2) is 53.7 Å². The van der Waals surface area contributed by atoms with Crippen LogP contribution in [0, 0.1) is 5.41 Å². The molecule has 248 valence electrons. The number of nitrogens with one attached hydrogen (secondary N) is 2. The Bertz CT molecular complexity index is 1800. The van der Waals surface area contributed by atoms with Gasteiger partial charge < -0.3 is 15.0 Å². The molecule has 0 bridgehead atoms. The van der Waals surface area contributed by atoms with E-state index in [4.69, 9.17) is 4.74 Å². The van der Waals surface area contributed by atoms with Gasteiger partial charge in [0.25, 0.3) is 5.91 Å². The van der Waals surface area contributed by atoms with Crippen molar-refractivity contribution in [2.75, 3.05) is 32.5 Å². The third-order valence-corrected chi connectivity index (χ3v) is 7.69. The van der Waals surface area contributed by atoms with Crippen LogP contribution in [0.25, 0.3) is 5.65 Å². The highest BCUT2D eigenvalue weighted by molar-refractivity contribution is 6.10. The van der Waals surface area contributed by atoms with Crippen molar-refractivity contribution in [2.24, 2.45) is 10.4 Å². The lowest BCUT2D eigenvalue weighted by molar-refractivity contribution is 0.0940. The van der Waals surface area contributed by atoms with Crippen molar-refractivity contribution in [1.82, 2.24) is 34.8 Å². The predicted octanol–water partition coefficient (Wildman–Crippen LogP) is 5.63. The number of carbonyl (C=O) groups excluding carboxylic acids is 2. The summed E-state index contributed by atoms with van der Waals surface area (Å²) in [4.78, 5) is 41.4. The highest BCUT2D eigenvalue weighted by Crippen LogP contribution is 2.34. The van der Waals surface area contributed by atoms with Gasteiger partial charge in [-0.25, -0.2) is 14.8 Å². The first-order valence-electron chi connectivity index (χ1n) is 16.0. The number of hydrogen-bond donors (Lipinski definition) is 2. The van der Waals surface area contributed by atoms with Crippen LogP contribution >= 0.6 is 0 Å². The Morgan fingerprint density at radius 1 is 1.04 bits per heavy atom. The Morgan fingerprint density at radius 3 is 2.53 bits per heavy atom. The van der Waals surface area contributed by atoms with E-state index >= 15 is 0 Å². The quantitative estimate of drug-likeness (QED) is 0.253. The van der Waals surface area contributed by atoms with Gasteiger partial charge in [-0.1, -0.05) is 65.8 Å². The summed E-state index contributed by atoms with van der Waals surface area (Å²) in [5.41, 5.74) is 3.57. The lowest BCUT2D eigenvalue weighted by atomic mass is 9.87. The zero-order chi connectivity index (χ0) is 33.9. The molecular formula is C35H45N9O3. The molecule has 4 aromatic rings. The molecule has 0 aliphatic heterocycles. The molecule has 0 spiro atoms. The van der Waals surface area contributed by atoms with Gasteiger partial charge >= 0.3 is 6.03 Å². The first-order valence-corrected chi connectivity index (χ1v) is 16.0. The van der Waals surface area contributed by atoms with Crippen molar-refractivity contribution in [1.29, 1.82) is 0 Å². The monoisotopic (exact) mass is 639 g/mol. The standard InChI is InChI=1S/C35H45N9O3/c1-34(2,3)20-30-42-41-29-16-13-22(21-44(29)30)47-26-15-14-25(23-11-9-10-12-24(23)26)37-33(46)40-28-19-27(35(4,5)6)38-31(39-28)32(45)36-17-18-43(7)8/h9-13,16,19,21,26H,14-15,17-18,20H2,1-8H3,(H,36,45)(H,38,39,40,46)/b37-25+/t26-/m1/s1. The topological polar surface area (TPSA) is 139 Å². The lowest BCUT2D eigenvalue weighted by Gasteiger charge is -2.27. The minimum absolute atomic E-state index is 0.00248. The van der Waals surface area contributed by atoms with Crippen molar-refractivity contribution in [3.63, 3.8) is 0 Å². The summed E-state index contributed by atoms with van der Waals surface area (Å²) < 4.78 is 8.52. The zero-order valence-electron chi connectivity index (χ0n) is 28.6. The Balaban J connectivity index is 1.35. The van der Waals surface area contributed by atoms with E-state index in [1.807, 2.05) is 86.8 Å². The fourth-order valence-corrected chi connectivity index (χ4v) is 5.31. The highest BCUT2D eigenvalue weighted by atomic mass is 16.5. The summed E-state index contributed by atoms with van der Waals surface area (Å²) in [5.74, 6) is 1.42. The molecule has 12 nitrogen and oxygen atoms in total. The second kappa shape index (κ2) is 13.6. The van der Waals surface area contributed by atoms with E-state index in [2.05, 4.69) is 56.6 Å². The number of ether oxygens (including phenoxy) is 1. The number of anilines is 1. The van der Waals surface area contributed by atoms with Gasteiger partial charge in [0.05, 0.1) is 17.6 Å². The lowest BCUT2D eigenvalue weighted by Crippen LogP contribution is -2.33. The zero-order valence-corrected chi connectivity index (χ0v) is 28.6. The van der Waals surface area contributed by atoms with E-state index in [-0.39, 0.29) is 28.6 Å². The first-order chi connectivity index (χ1) is 22.2. The Labute approximate surface area is 276 Å². The predicted molar refractivity (Wildman–Crippen MR) is 182 cm³/mol. The smallest absolute Gasteiger partial charge is 0.346 e. The number of urea groups is 1. The second-order valence-corrected chi connectivity index (χ2v) is 14.4. The fourth-order valence-electron chi connectivity index (χ4n) is 5.31. The second-order valence-electron chi connectivity index (χ2n) is 14.4. The highest BCUT2D eigenvalue weighted by Gasteiger charge is 2.27. The molecule has 1 aromatic carbocycles. The number of amides is 3. The van der Waals surface area contributed by atoms with Crippen LogP contribution in [0.1, 0.15) is 93.8 Å². The van der Waals surface area contributed by atoms with E-state index in [0.29, 0.717) is 43.1 Å². The molecule has 0 saturated heterocycles. The van der Waals surface area contributed by atoms with Crippen molar-refractivity contribution in [3.8, 4) is 5.75 Å². The summed E-state index contributed by atoms with van der Waals surface area (Å²) in [7, 11) is 3.86. The van der Waals surface area contributed by atoms with Gasteiger partial charge in [0.2, 0.25) is 5.82 Å². The van der Waals surface area contributed by atoms with Crippen LogP contribution in [0.2, 0.25) is 0 Å². The molecule has 0 unspecified atom stereocenters. The number of aromatic nitrogens is 5. The number of aliphatic imine (C=N–C) groups is 1. The van der Waals surface area contributed by atoms with Gasteiger partial charge in [-0.2, -0.15) is 4.99 Å². The minimum Gasteiger partial charge on any atom is -0.484 e.